The van der Waals surface area contributed by atoms with Gasteiger partial charge in [-0.25, -0.2) is 0 Å². The van der Waals surface area contributed by atoms with Gasteiger partial charge in [-0.15, -0.1) is 0 Å². The van der Waals surface area contributed by atoms with Crippen LogP contribution in [0.1, 0.15) is 106 Å². The molecule has 0 heterocycles. The molecule has 0 aromatic rings. The first-order valence-electron chi connectivity index (χ1n) is 13.5. The molecule has 5 nitrogen and oxygen atoms in total. The number of carbonyl (C=O) groups excluding carboxylic acids is 2. The fraction of sp³-hybridized carbons (Fsp3) is 0.733. The maximum atomic E-state index is 11.5. The molecule has 0 saturated heterocycles. The first-order valence-corrected chi connectivity index (χ1v) is 13.5. The monoisotopic (exact) mass is 486 g/mol. The maximum Gasteiger partial charge on any atom is 0.302 e. The van der Waals surface area contributed by atoms with Crippen molar-refractivity contribution in [3.05, 3.63) is 34.9 Å². The van der Waals surface area contributed by atoms with E-state index in [9.17, 15) is 14.7 Å². The van der Waals surface area contributed by atoms with E-state index in [0.717, 1.165) is 32.1 Å². The molecule has 5 heteroatoms. The van der Waals surface area contributed by atoms with E-state index in [-0.39, 0.29) is 29.6 Å². The third-order valence-corrected chi connectivity index (χ3v) is 8.27. The van der Waals surface area contributed by atoms with Gasteiger partial charge in [0, 0.05) is 33.1 Å². The summed E-state index contributed by atoms with van der Waals surface area (Å²) in [6.07, 6.45) is 16.2. The summed E-state index contributed by atoms with van der Waals surface area (Å²) in [5, 5.41) is 10.1. The average molecular weight is 487 g/mol. The second-order valence-electron chi connectivity index (χ2n) is 12.0. The van der Waals surface area contributed by atoms with Gasteiger partial charge < -0.3 is 14.6 Å². The Balaban J connectivity index is 1.71. The maximum absolute atomic E-state index is 11.5. The normalized spacial score (nSPS) is 32.2. The summed E-state index contributed by atoms with van der Waals surface area (Å²) >= 11 is 0. The summed E-state index contributed by atoms with van der Waals surface area (Å²) in [4.78, 5) is 23.1. The van der Waals surface area contributed by atoms with Gasteiger partial charge in [-0.3, -0.25) is 9.59 Å². The average Bonchev–Trinajstić information content (AvgIpc) is 3.07. The summed E-state index contributed by atoms with van der Waals surface area (Å²) < 4.78 is 11.0. The third-order valence-electron chi connectivity index (χ3n) is 8.27. The minimum Gasteiger partial charge on any atom is -0.462 e. The number of ether oxygens (including phenoxy) is 2. The van der Waals surface area contributed by atoms with Gasteiger partial charge in [0.1, 0.15) is 12.2 Å². The Hall–Kier alpha value is -1.88. The zero-order valence-electron chi connectivity index (χ0n) is 22.7. The minimum absolute atomic E-state index is 0.212. The fourth-order valence-electron chi connectivity index (χ4n) is 6.75. The summed E-state index contributed by atoms with van der Waals surface area (Å²) in [6, 6.07) is 0. The highest BCUT2D eigenvalue weighted by Gasteiger charge is 2.45. The van der Waals surface area contributed by atoms with E-state index in [1.54, 1.807) is 5.57 Å². The second kappa shape index (κ2) is 11.5. The van der Waals surface area contributed by atoms with E-state index >= 15 is 0 Å². The van der Waals surface area contributed by atoms with Crippen LogP contribution in [0.15, 0.2) is 34.9 Å². The van der Waals surface area contributed by atoms with E-state index in [4.69, 9.17) is 9.47 Å². The van der Waals surface area contributed by atoms with Crippen LogP contribution in [-0.4, -0.2) is 34.9 Å². The van der Waals surface area contributed by atoms with Crippen molar-refractivity contribution in [1.82, 2.24) is 0 Å². The van der Waals surface area contributed by atoms with E-state index in [1.165, 1.54) is 37.8 Å². The van der Waals surface area contributed by atoms with Gasteiger partial charge in [-0.05, 0) is 69.6 Å². The highest BCUT2D eigenvalue weighted by Crippen LogP contribution is 2.57. The molecule has 2 fully saturated rings. The van der Waals surface area contributed by atoms with Crippen molar-refractivity contribution in [1.29, 1.82) is 0 Å². The molecular weight excluding hydrogens is 440 g/mol. The topological polar surface area (TPSA) is 72.8 Å². The minimum atomic E-state index is -0.591. The molecule has 3 rings (SSSR count). The van der Waals surface area contributed by atoms with E-state index in [2.05, 4.69) is 32.1 Å². The Kier molecular flexibility index (Phi) is 9.06. The summed E-state index contributed by atoms with van der Waals surface area (Å²) in [7, 11) is 0. The van der Waals surface area contributed by atoms with Crippen molar-refractivity contribution in [2.75, 3.05) is 0 Å². The molecule has 3 aliphatic rings. The number of carbonyl (C=O) groups is 2. The van der Waals surface area contributed by atoms with E-state index in [1.807, 2.05) is 13.8 Å². The van der Waals surface area contributed by atoms with Gasteiger partial charge in [-0.2, -0.15) is 0 Å². The highest BCUT2D eigenvalue weighted by molar-refractivity contribution is 5.67. The second-order valence-corrected chi connectivity index (χ2v) is 12.0. The quantitative estimate of drug-likeness (QED) is 0.309. The lowest BCUT2D eigenvalue weighted by atomic mass is 9.62. The molecule has 35 heavy (non-hydrogen) atoms. The van der Waals surface area contributed by atoms with Crippen molar-refractivity contribution < 1.29 is 24.2 Å². The van der Waals surface area contributed by atoms with Gasteiger partial charge in [0.25, 0.3) is 0 Å². The predicted octanol–water partition coefficient (Wildman–Crippen LogP) is 6.60. The molecule has 0 radical (unpaired) electrons. The largest absolute Gasteiger partial charge is 0.462 e. The number of fused-ring (bicyclic) bond motifs is 1. The predicted molar refractivity (Wildman–Crippen MR) is 139 cm³/mol. The molecule has 2 saturated carbocycles. The van der Waals surface area contributed by atoms with Crippen LogP contribution < -0.4 is 0 Å². The smallest absolute Gasteiger partial charge is 0.302 e. The number of hydrogen-bond acceptors (Lipinski definition) is 5. The van der Waals surface area contributed by atoms with Crippen LogP contribution in [0.25, 0.3) is 0 Å². The van der Waals surface area contributed by atoms with Crippen molar-refractivity contribution in [3.8, 4) is 0 Å². The van der Waals surface area contributed by atoms with Crippen LogP contribution in [0.3, 0.4) is 0 Å². The fourth-order valence-corrected chi connectivity index (χ4v) is 6.75. The van der Waals surface area contributed by atoms with Crippen LogP contribution in [-0.2, 0) is 19.1 Å². The standard InChI is InChI=1S/C30H46O5/c1-20(9-7-15-29(4,5)33)27-13-14-28-24(10-8-16-30(27,28)6)12-11-23-17-25(34-21(2)31)19-26(18-23)35-22(3)32/h11-13,20,25-26,28,33H,7-10,14-19H2,1-6H3/t20?,25-,26?,28?,30-/m1/s1. The number of rotatable bonds is 8. The molecule has 196 valence electrons. The van der Waals surface area contributed by atoms with Crippen LogP contribution in [0.4, 0.5) is 0 Å². The summed E-state index contributed by atoms with van der Waals surface area (Å²) in [5.74, 6) is 0.496. The Morgan fingerprint density at radius 1 is 1.17 bits per heavy atom. The lowest BCUT2D eigenvalue weighted by molar-refractivity contribution is -0.154. The molecule has 3 aliphatic carbocycles. The lowest BCUT2D eigenvalue weighted by Gasteiger charge is -2.42. The van der Waals surface area contributed by atoms with Crippen LogP contribution in [0.2, 0.25) is 0 Å². The number of esters is 2. The first-order chi connectivity index (χ1) is 16.4. The number of hydrogen-bond donors (Lipinski definition) is 1. The first kappa shape index (κ1) is 27.7. The summed E-state index contributed by atoms with van der Waals surface area (Å²) in [6.45, 7) is 11.5. The molecule has 0 spiro atoms. The van der Waals surface area contributed by atoms with Crippen LogP contribution in [0, 0.1) is 17.3 Å². The lowest BCUT2D eigenvalue weighted by Crippen LogP contribution is -2.33. The zero-order chi connectivity index (χ0) is 25.8. The molecule has 1 N–H and O–H groups in total. The SMILES string of the molecule is CC(=O)OC1CC(=CC=C2CCC[C@]3(C)C(C(C)CCCC(C)(C)O)=CCC23)C[C@@H](OC(C)=O)C1. The third kappa shape index (κ3) is 7.55. The molecule has 0 aliphatic heterocycles. The molecule has 0 aromatic heterocycles. The molecule has 5 atom stereocenters. The van der Waals surface area contributed by atoms with E-state index < -0.39 is 5.60 Å². The van der Waals surface area contributed by atoms with Crippen molar-refractivity contribution in [2.24, 2.45) is 17.3 Å². The van der Waals surface area contributed by atoms with E-state index in [0.29, 0.717) is 31.1 Å². The Morgan fingerprint density at radius 3 is 2.37 bits per heavy atom. The van der Waals surface area contributed by atoms with Crippen molar-refractivity contribution >= 4 is 11.9 Å². The van der Waals surface area contributed by atoms with Gasteiger partial charge in [0.15, 0.2) is 0 Å². The molecule has 3 unspecified atom stereocenters. The Bertz CT molecular complexity index is 848. The van der Waals surface area contributed by atoms with Gasteiger partial charge >= 0.3 is 11.9 Å². The Labute approximate surface area is 212 Å². The summed E-state index contributed by atoms with van der Waals surface area (Å²) in [5.41, 5.74) is 3.93. The molecule has 0 aromatic carbocycles. The van der Waals surface area contributed by atoms with Crippen LogP contribution >= 0.6 is 0 Å². The van der Waals surface area contributed by atoms with Gasteiger partial charge in [0.05, 0.1) is 5.60 Å². The molecule has 0 bridgehead atoms. The number of aliphatic hydroxyl groups is 1. The van der Waals surface area contributed by atoms with Crippen LogP contribution in [0.5, 0.6) is 0 Å². The Morgan fingerprint density at radius 2 is 1.80 bits per heavy atom. The van der Waals surface area contributed by atoms with Gasteiger partial charge in [0.2, 0.25) is 0 Å². The van der Waals surface area contributed by atoms with Crippen molar-refractivity contribution in [3.63, 3.8) is 0 Å². The highest BCUT2D eigenvalue weighted by atomic mass is 16.6. The zero-order valence-corrected chi connectivity index (χ0v) is 22.7. The molecule has 0 amide bonds. The number of allylic oxidation sites excluding steroid dienone is 5. The molecular formula is C30H46O5. The van der Waals surface area contributed by atoms with Crippen molar-refractivity contribution in [2.45, 2.75) is 124 Å². The van der Waals surface area contributed by atoms with Gasteiger partial charge in [-0.1, -0.05) is 55.2 Å².